The summed E-state index contributed by atoms with van der Waals surface area (Å²) in [5.41, 5.74) is 2.97. The Morgan fingerprint density at radius 1 is 1.00 bits per heavy atom. The largest absolute Gasteiger partial charge is 0.491 e. The average Bonchev–Trinajstić information content (AvgIpc) is 2.59. The Kier molecular flexibility index (Phi) is 6.83. The third-order valence-corrected chi connectivity index (χ3v) is 3.82. The number of ether oxygens (including phenoxy) is 2. The fourth-order valence-electron chi connectivity index (χ4n) is 2.41. The Morgan fingerprint density at radius 3 is 2.32 bits per heavy atom. The number of hydrogen-bond acceptors (Lipinski definition) is 4. The third kappa shape index (κ3) is 5.80. The van der Waals surface area contributed by atoms with Crippen molar-refractivity contribution in [2.45, 2.75) is 26.9 Å². The number of amides is 1. The van der Waals surface area contributed by atoms with Gasteiger partial charge in [-0.1, -0.05) is 36.4 Å². The summed E-state index contributed by atoms with van der Waals surface area (Å²) in [6.45, 7) is 5.95. The molecule has 0 spiro atoms. The number of hydrogen-bond donors (Lipinski definition) is 2. The van der Waals surface area contributed by atoms with E-state index in [9.17, 15) is 9.90 Å². The van der Waals surface area contributed by atoms with Gasteiger partial charge in [-0.15, -0.1) is 0 Å². The number of aliphatic hydroxyl groups excluding tert-OH is 1. The Labute approximate surface area is 148 Å². The normalized spacial score (nSPS) is 11.7. The minimum atomic E-state index is -0.788. The minimum Gasteiger partial charge on any atom is -0.491 e. The molecule has 0 saturated heterocycles. The highest BCUT2D eigenvalue weighted by atomic mass is 16.5. The van der Waals surface area contributed by atoms with Crippen LogP contribution in [-0.2, 0) is 4.79 Å². The first-order valence-electron chi connectivity index (χ1n) is 8.29. The molecule has 0 bridgehead atoms. The molecule has 0 fully saturated rings. The molecule has 1 atom stereocenters. The molecule has 0 aliphatic rings. The lowest BCUT2D eigenvalue weighted by molar-refractivity contribution is -0.123. The molecule has 2 aromatic rings. The van der Waals surface area contributed by atoms with Gasteiger partial charge in [0.2, 0.25) is 0 Å². The smallest absolute Gasteiger partial charge is 0.258 e. The first kappa shape index (κ1) is 18.8. The highest BCUT2D eigenvalue weighted by Crippen LogP contribution is 2.22. The standard InChI is InChI=1S/C20H25NO4/c1-14-7-4-5-10-18(14)24-12-17(22)11-21-19(23)13-25-20-15(2)8-6-9-16(20)3/h4-10,17,22H,11-13H2,1-3H3,(H,21,23). The molecule has 5 heteroatoms. The molecule has 2 N–H and O–H groups in total. The predicted molar refractivity (Wildman–Crippen MR) is 97.1 cm³/mol. The second kappa shape index (κ2) is 9.08. The van der Waals surface area contributed by atoms with Crippen molar-refractivity contribution in [2.75, 3.05) is 19.8 Å². The molecular weight excluding hydrogens is 318 g/mol. The maximum absolute atomic E-state index is 11.9. The zero-order valence-corrected chi connectivity index (χ0v) is 14.9. The summed E-state index contributed by atoms with van der Waals surface area (Å²) in [5, 5.41) is 12.6. The number of aliphatic hydroxyl groups is 1. The van der Waals surface area contributed by atoms with Crippen molar-refractivity contribution < 1.29 is 19.4 Å². The highest BCUT2D eigenvalue weighted by molar-refractivity contribution is 5.77. The van der Waals surface area contributed by atoms with Crippen LogP contribution < -0.4 is 14.8 Å². The second-order valence-electron chi connectivity index (χ2n) is 6.04. The van der Waals surface area contributed by atoms with Crippen LogP contribution in [-0.4, -0.2) is 36.9 Å². The molecule has 0 saturated carbocycles. The topological polar surface area (TPSA) is 67.8 Å². The number of nitrogens with one attached hydrogen (secondary N) is 1. The maximum atomic E-state index is 11.9. The second-order valence-corrected chi connectivity index (χ2v) is 6.04. The molecule has 2 rings (SSSR count). The van der Waals surface area contributed by atoms with Crippen molar-refractivity contribution in [1.29, 1.82) is 0 Å². The van der Waals surface area contributed by atoms with Gasteiger partial charge in [0.25, 0.3) is 5.91 Å². The van der Waals surface area contributed by atoms with Crippen molar-refractivity contribution in [2.24, 2.45) is 0 Å². The molecule has 1 unspecified atom stereocenters. The van der Waals surface area contributed by atoms with Crippen LogP contribution in [0.4, 0.5) is 0 Å². The first-order valence-corrected chi connectivity index (χ1v) is 8.29. The van der Waals surface area contributed by atoms with Gasteiger partial charge in [0.05, 0.1) is 0 Å². The molecule has 5 nitrogen and oxygen atoms in total. The van der Waals surface area contributed by atoms with Crippen LogP contribution in [0.25, 0.3) is 0 Å². The number of rotatable bonds is 8. The van der Waals surface area contributed by atoms with Gasteiger partial charge in [-0.2, -0.15) is 0 Å². The van der Waals surface area contributed by atoms with E-state index in [0.29, 0.717) is 0 Å². The van der Waals surface area contributed by atoms with Crippen LogP contribution in [0.1, 0.15) is 16.7 Å². The summed E-state index contributed by atoms with van der Waals surface area (Å²) < 4.78 is 11.1. The first-order chi connectivity index (χ1) is 12.0. The van der Waals surface area contributed by atoms with Gasteiger partial charge in [0, 0.05) is 6.54 Å². The minimum absolute atomic E-state index is 0.0862. The van der Waals surface area contributed by atoms with Gasteiger partial charge in [-0.05, 0) is 43.5 Å². The van der Waals surface area contributed by atoms with E-state index in [2.05, 4.69) is 5.32 Å². The Morgan fingerprint density at radius 2 is 1.64 bits per heavy atom. The SMILES string of the molecule is Cc1ccccc1OCC(O)CNC(=O)COc1c(C)cccc1C. The summed E-state index contributed by atoms with van der Waals surface area (Å²) in [7, 11) is 0. The Bertz CT molecular complexity index is 694. The van der Waals surface area contributed by atoms with Gasteiger partial charge in [-0.3, -0.25) is 4.79 Å². The molecule has 1 amide bonds. The lowest BCUT2D eigenvalue weighted by Gasteiger charge is -2.15. The lowest BCUT2D eigenvalue weighted by Crippen LogP contribution is -2.37. The van der Waals surface area contributed by atoms with Crippen LogP contribution in [0.5, 0.6) is 11.5 Å². The van der Waals surface area contributed by atoms with Gasteiger partial charge < -0.3 is 19.9 Å². The van der Waals surface area contributed by atoms with Gasteiger partial charge >= 0.3 is 0 Å². The van der Waals surface area contributed by atoms with Gasteiger partial charge in [-0.25, -0.2) is 0 Å². The number of carbonyl (C=O) groups is 1. The van der Waals surface area contributed by atoms with E-state index in [1.807, 2.05) is 63.2 Å². The molecule has 0 radical (unpaired) electrons. The summed E-state index contributed by atoms with van der Waals surface area (Å²) >= 11 is 0. The number of para-hydroxylation sites is 2. The van der Waals surface area contributed by atoms with Crippen LogP contribution in [0.3, 0.4) is 0 Å². The third-order valence-electron chi connectivity index (χ3n) is 3.82. The molecule has 0 aromatic heterocycles. The van der Waals surface area contributed by atoms with E-state index in [4.69, 9.17) is 9.47 Å². The van der Waals surface area contributed by atoms with Crippen LogP contribution in [0.2, 0.25) is 0 Å². The fourth-order valence-corrected chi connectivity index (χ4v) is 2.41. The van der Waals surface area contributed by atoms with Crippen molar-refractivity contribution in [1.82, 2.24) is 5.32 Å². The quantitative estimate of drug-likeness (QED) is 0.773. The van der Waals surface area contributed by atoms with E-state index in [1.165, 1.54) is 0 Å². The fraction of sp³-hybridized carbons (Fsp3) is 0.350. The van der Waals surface area contributed by atoms with E-state index in [-0.39, 0.29) is 25.7 Å². The number of benzene rings is 2. The van der Waals surface area contributed by atoms with Crippen molar-refractivity contribution in [3.63, 3.8) is 0 Å². The molecule has 0 heterocycles. The van der Waals surface area contributed by atoms with Gasteiger partial charge in [0.1, 0.15) is 24.2 Å². The van der Waals surface area contributed by atoms with Crippen molar-refractivity contribution in [3.05, 3.63) is 59.2 Å². The van der Waals surface area contributed by atoms with Crippen LogP contribution in [0, 0.1) is 20.8 Å². The average molecular weight is 343 g/mol. The van der Waals surface area contributed by atoms with E-state index >= 15 is 0 Å². The number of carbonyl (C=O) groups excluding carboxylic acids is 1. The number of aryl methyl sites for hydroxylation is 3. The molecule has 0 aliphatic heterocycles. The molecule has 2 aromatic carbocycles. The molecule has 134 valence electrons. The maximum Gasteiger partial charge on any atom is 0.258 e. The van der Waals surface area contributed by atoms with E-state index < -0.39 is 6.10 Å². The van der Waals surface area contributed by atoms with Crippen LogP contribution in [0.15, 0.2) is 42.5 Å². The van der Waals surface area contributed by atoms with Crippen LogP contribution >= 0.6 is 0 Å². The van der Waals surface area contributed by atoms with E-state index in [0.717, 1.165) is 28.2 Å². The summed E-state index contributed by atoms with van der Waals surface area (Å²) in [5.74, 6) is 1.17. The zero-order chi connectivity index (χ0) is 18.2. The van der Waals surface area contributed by atoms with E-state index in [1.54, 1.807) is 0 Å². The predicted octanol–water partition coefficient (Wildman–Crippen LogP) is 2.55. The van der Waals surface area contributed by atoms with Gasteiger partial charge in [0.15, 0.2) is 6.61 Å². The zero-order valence-electron chi connectivity index (χ0n) is 14.9. The summed E-state index contributed by atoms with van der Waals surface area (Å²) in [4.78, 5) is 11.9. The molecule has 0 aliphatic carbocycles. The molecular formula is C20H25NO4. The summed E-state index contributed by atoms with van der Waals surface area (Å²) in [6, 6.07) is 13.4. The Balaban J connectivity index is 1.71. The van der Waals surface area contributed by atoms with Crippen molar-refractivity contribution >= 4 is 5.91 Å². The molecule has 25 heavy (non-hydrogen) atoms. The monoisotopic (exact) mass is 343 g/mol. The summed E-state index contributed by atoms with van der Waals surface area (Å²) in [6.07, 6.45) is -0.788. The lowest BCUT2D eigenvalue weighted by atomic mass is 10.1. The highest BCUT2D eigenvalue weighted by Gasteiger charge is 2.11. The van der Waals surface area contributed by atoms with Crippen molar-refractivity contribution in [3.8, 4) is 11.5 Å². The Hall–Kier alpha value is -2.53.